The Balaban J connectivity index is 1.97. The minimum Gasteiger partial charge on any atom is -0.422 e. The zero-order chi connectivity index (χ0) is 28.4. The average molecular weight is 573 g/mol. The summed E-state index contributed by atoms with van der Waals surface area (Å²) in [5, 5.41) is 5.40. The number of benzene rings is 2. The third-order valence-corrected chi connectivity index (χ3v) is 6.18. The Kier molecular flexibility index (Phi) is 11.0. The van der Waals surface area contributed by atoms with Crippen LogP contribution in [0.2, 0.25) is 5.02 Å². The van der Waals surface area contributed by atoms with Crippen molar-refractivity contribution < 1.29 is 33.4 Å². The van der Waals surface area contributed by atoms with Gasteiger partial charge in [-0.1, -0.05) is 44.5 Å². The van der Waals surface area contributed by atoms with Gasteiger partial charge in [0.05, 0.1) is 5.69 Å². The highest BCUT2D eigenvalue weighted by Gasteiger charge is 2.24. The summed E-state index contributed by atoms with van der Waals surface area (Å²) in [6.07, 6.45) is 1.82. The lowest BCUT2D eigenvalue weighted by atomic mass is 10.1. The second-order valence-corrected chi connectivity index (χ2v) is 9.77. The van der Waals surface area contributed by atoms with E-state index in [0.29, 0.717) is 35.1 Å². The van der Waals surface area contributed by atoms with Gasteiger partial charge in [0.15, 0.2) is 16.6 Å². The molecule has 11 heteroatoms. The molecule has 0 bridgehead atoms. The van der Waals surface area contributed by atoms with E-state index in [1.54, 1.807) is 38.3 Å². The third kappa shape index (κ3) is 8.62. The Bertz CT molecular complexity index is 1300. The molecular formula is C28H29ClN2O7S. The van der Waals surface area contributed by atoms with Gasteiger partial charge in [0, 0.05) is 40.8 Å². The number of hydrogen-bond donors (Lipinski definition) is 1. The Morgan fingerprint density at radius 3 is 1.85 bits per heavy atom. The number of aromatic nitrogens is 1. The van der Waals surface area contributed by atoms with Crippen molar-refractivity contribution in [1.29, 1.82) is 0 Å². The summed E-state index contributed by atoms with van der Waals surface area (Å²) in [6.45, 7) is 5.41. The number of ether oxygens (including phenoxy) is 3. The van der Waals surface area contributed by atoms with Crippen molar-refractivity contribution in [2.45, 2.75) is 59.3 Å². The molecule has 0 radical (unpaired) electrons. The lowest BCUT2D eigenvalue weighted by Gasteiger charge is -2.16. The molecule has 0 atom stereocenters. The van der Waals surface area contributed by atoms with Gasteiger partial charge in [-0.15, -0.1) is 11.3 Å². The Morgan fingerprint density at radius 2 is 1.33 bits per heavy atom. The van der Waals surface area contributed by atoms with Crippen molar-refractivity contribution in [2.75, 3.05) is 5.32 Å². The first-order valence-corrected chi connectivity index (χ1v) is 13.8. The van der Waals surface area contributed by atoms with Crippen molar-refractivity contribution in [3.8, 4) is 28.5 Å². The Morgan fingerprint density at radius 1 is 0.821 bits per heavy atom. The summed E-state index contributed by atoms with van der Waals surface area (Å²) in [5.41, 5.74) is 1.48. The summed E-state index contributed by atoms with van der Waals surface area (Å²) in [5.74, 6) is -3.04. The molecule has 2 aromatic carbocycles. The number of rotatable bonds is 12. The van der Waals surface area contributed by atoms with E-state index < -0.39 is 23.8 Å². The number of nitrogens with one attached hydrogen (secondary N) is 1. The first-order valence-electron chi connectivity index (χ1n) is 12.6. The lowest BCUT2D eigenvalue weighted by Crippen LogP contribution is -2.17. The van der Waals surface area contributed by atoms with Gasteiger partial charge in [0.2, 0.25) is 5.75 Å². The van der Waals surface area contributed by atoms with Crippen molar-refractivity contribution in [3.63, 3.8) is 0 Å². The number of esters is 3. The van der Waals surface area contributed by atoms with E-state index in [0.717, 1.165) is 5.56 Å². The molecule has 0 saturated carbocycles. The standard InChI is InChI=1S/C28H29ClN2O7S/c1-4-7-23(32)36-21-14-18(15-22(37-24(33)8-5-2)26(21)38-25(34)9-6-3)27(35)31-28-30-20(16-39-28)17-10-12-19(29)13-11-17/h10-16H,4-9H2,1-3H3,(H,30,31,35). The zero-order valence-electron chi connectivity index (χ0n) is 21.9. The summed E-state index contributed by atoms with van der Waals surface area (Å²) in [6, 6.07) is 9.65. The van der Waals surface area contributed by atoms with Crippen LogP contribution in [0.4, 0.5) is 5.13 Å². The molecule has 1 N–H and O–H groups in total. The topological polar surface area (TPSA) is 121 Å². The van der Waals surface area contributed by atoms with Crippen LogP contribution in [0.1, 0.15) is 69.7 Å². The molecular weight excluding hydrogens is 544 g/mol. The van der Waals surface area contributed by atoms with E-state index in [1.807, 2.05) is 12.1 Å². The van der Waals surface area contributed by atoms with Gasteiger partial charge in [0.1, 0.15) is 0 Å². The van der Waals surface area contributed by atoms with E-state index in [2.05, 4.69) is 10.3 Å². The van der Waals surface area contributed by atoms with Gasteiger partial charge in [-0.2, -0.15) is 0 Å². The summed E-state index contributed by atoms with van der Waals surface area (Å²) >= 11 is 7.17. The molecule has 3 aromatic rings. The summed E-state index contributed by atoms with van der Waals surface area (Å²) in [4.78, 5) is 54.7. The number of carbonyl (C=O) groups is 4. The molecule has 1 aromatic heterocycles. The molecule has 0 aliphatic carbocycles. The van der Waals surface area contributed by atoms with Crippen LogP contribution in [0, 0.1) is 0 Å². The van der Waals surface area contributed by atoms with E-state index >= 15 is 0 Å². The van der Waals surface area contributed by atoms with E-state index in [4.69, 9.17) is 25.8 Å². The third-order valence-electron chi connectivity index (χ3n) is 5.17. The van der Waals surface area contributed by atoms with E-state index in [-0.39, 0.29) is 42.1 Å². The molecule has 0 aliphatic rings. The van der Waals surface area contributed by atoms with Gasteiger partial charge in [0.25, 0.3) is 5.91 Å². The number of hydrogen-bond acceptors (Lipinski definition) is 9. The van der Waals surface area contributed by atoms with Crippen LogP contribution in [0.3, 0.4) is 0 Å². The highest BCUT2D eigenvalue weighted by Crippen LogP contribution is 2.40. The maximum absolute atomic E-state index is 13.2. The molecule has 1 amide bonds. The van der Waals surface area contributed by atoms with Crippen molar-refractivity contribution in [2.24, 2.45) is 0 Å². The number of halogens is 1. The van der Waals surface area contributed by atoms with Crippen LogP contribution >= 0.6 is 22.9 Å². The maximum Gasteiger partial charge on any atom is 0.311 e. The van der Waals surface area contributed by atoms with Crippen molar-refractivity contribution in [3.05, 3.63) is 52.4 Å². The van der Waals surface area contributed by atoms with Crippen molar-refractivity contribution >= 4 is 51.9 Å². The van der Waals surface area contributed by atoms with Crippen LogP contribution in [-0.4, -0.2) is 28.8 Å². The maximum atomic E-state index is 13.2. The molecule has 39 heavy (non-hydrogen) atoms. The first kappa shape index (κ1) is 29.8. The number of anilines is 1. The molecule has 1 heterocycles. The molecule has 0 saturated heterocycles. The predicted octanol–water partition coefficient (Wildman–Crippen LogP) is 6.83. The van der Waals surface area contributed by atoms with Gasteiger partial charge in [-0.3, -0.25) is 24.5 Å². The largest absolute Gasteiger partial charge is 0.422 e. The van der Waals surface area contributed by atoms with Crippen molar-refractivity contribution in [1.82, 2.24) is 4.98 Å². The quantitative estimate of drug-likeness (QED) is 0.185. The monoisotopic (exact) mass is 572 g/mol. The predicted molar refractivity (Wildman–Crippen MR) is 149 cm³/mol. The fourth-order valence-electron chi connectivity index (χ4n) is 3.34. The van der Waals surface area contributed by atoms with Crippen LogP contribution in [0.5, 0.6) is 17.2 Å². The SMILES string of the molecule is CCCC(=O)Oc1cc(C(=O)Nc2nc(-c3ccc(Cl)cc3)cs2)cc(OC(=O)CCC)c1OC(=O)CCC. The second-order valence-electron chi connectivity index (χ2n) is 8.47. The van der Waals surface area contributed by atoms with Gasteiger partial charge >= 0.3 is 17.9 Å². The van der Waals surface area contributed by atoms with Crippen LogP contribution in [0.15, 0.2) is 41.8 Å². The minimum absolute atomic E-state index is 0.00660. The molecule has 9 nitrogen and oxygen atoms in total. The minimum atomic E-state index is -0.604. The van der Waals surface area contributed by atoms with Crippen LogP contribution in [-0.2, 0) is 14.4 Å². The zero-order valence-corrected chi connectivity index (χ0v) is 23.4. The van der Waals surface area contributed by atoms with Gasteiger partial charge in [-0.05, 0) is 43.5 Å². The Hall–Kier alpha value is -3.76. The highest BCUT2D eigenvalue weighted by atomic mass is 35.5. The second kappa shape index (κ2) is 14.4. The highest BCUT2D eigenvalue weighted by molar-refractivity contribution is 7.14. The fraction of sp³-hybridized carbons (Fsp3) is 0.321. The molecule has 0 fully saturated rings. The van der Waals surface area contributed by atoms with E-state index in [1.165, 1.54) is 23.5 Å². The van der Waals surface area contributed by atoms with E-state index in [9.17, 15) is 19.2 Å². The molecule has 0 aliphatic heterocycles. The Labute approximate surface area is 235 Å². The number of nitrogens with zero attached hydrogens (tertiary/aromatic N) is 1. The molecule has 0 unspecified atom stereocenters. The number of thiazole rings is 1. The number of amides is 1. The van der Waals surface area contributed by atoms with Crippen LogP contribution in [0.25, 0.3) is 11.3 Å². The molecule has 0 spiro atoms. The normalized spacial score (nSPS) is 10.6. The van der Waals surface area contributed by atoms with Gasteiger partial charge in [-0.25, -0.2) is 4.98 Å². The lowest BCUT2D eigenvalue weighted by molar-refractivity contribution is -0.138. The summed E-state index contributed by atoms with van der Waals surface area (Å²) in [7, 11) is 0. The fourth-order valence-corrected chi connectivity index (χ4v) is 4.18. The first-order chi connectivity index (χ1) is 18.7. The average Bonchev–Trinajstić information content (AvgIpc) is 3.35. The summed E-state index contributed by atoms with van der Waals surface area (Å²) < 4.78 is 16.3. The molecule has 206 valence electrons. The van der Waals surface area contributed by atoms with Crippen LogP contribution < -0.4 is 19.5 Å². The smallest absolute Gasteiger partial charge is 0.311 e. The molecule has 3 rings (SSSR count). The number of carbonyl (C=O) groups excluding carboxylic acids is 4. The van der Waals surface area contributed by atoms with Gasteiger partial charge < -0.3 is 14.2 Å².